The van der Waals surface area contributed by atoms with Gasteiger partial charge in [-0.15, -0.1) is 0 Å². The van der Waals surface area contributed by atoms with E-state index in [0.29, 0.717) is 56.6 Å². The smallest absolute Gasteiger partial charge is 0.344 e. The van der Waals surface area contributed by atoms with Crippen LogP contribution in [-0.2, 0) is 19.1 Å². The van der Waals surface area contributed by atoms with Gasteiger partial charge >= 0.3 is 11.9 Å². The molecule has 0 saturated carbocycles. The van der Waals surface area contributed by atoms with Crippen molar-refractivity contribution in [2.75, 3.05) is 33.0 Å². The van der Waals surface area contributed by atoms with Crippen LogP contribution < -0.4 is 29.1 Å². The zero-order valence-electron chi connectivity index (χ0n) is 26.7. The fourth-order valence-corrected chi connectivity index (χ4v) is 6.16. The van der Waals surface area contributed by atoms with E-state index in [4.69, 9.17) is 28.7 Å². The molecule has 2 heterocycles. The number of carbonyl (C=O) groups is 2. The fourth-order valence-electron chi connectivity index (χ4n) is 5.16. The number of hydrogen-bond acceptors (Lipinski definition) is 10. The summed E-state index contributed by atoms with van der Waals surface area (Å²) in [5, 5.41) is 0. The minimum atomic E-state index is -0.809. The van der Waals surface area contributed by atoms with Gasteiger partial charge in [0.15, 0.2) is 22.9 Å². The molecule has 0 amide bonds. The summed E-state index contributed by atoms with van der Waals surface area (Å²) < 4.78 is 29.5. The van der Waals surface area contributed by atoms with E-state index < -0.39 is 18.0 Å². The van der Waals surface area contributed by atoms with E-state index in [1.54, 1.807) is 42.7 Å². The first kappa shape index (κ1) is 33.2. The summed E-state index contributed by atoms with van der Waals surface area (Å²) in [5.74, 6) is 0.429. The Morgan fingerprint density at radius 2 is 1.55 bits per heavy atom. The Labute approximate surface area is 276 Å². The maximum atomic E-state index is 14.2. The largest absolute Gasteiger partial charge is 0.494 e. The van der Waals surface area contributed by atoms with Crippen molar-refractivity contribution in [3.63, 3.8) is 0 Å². The molecule has 1 aliphatic heterocycles. The minimum Gasteiger partial charge on any atom is -0.494 e. The Hall–Kier alpha value is -5.16. The summed E-state index contributed by atoms with van der Waals surface area (Å²) >= 11 is 1.22. The van der Waals surface area contributed by atoms with Gasteiger partial charge in [0.05, 0.1) is 48.3 Å². The van der Waals surface area contributed by atoms with E-state index >= 15 is 0 Å². The molecule has 1 atom stereocenters. The number of thiazole rings is 1. The Morgan fingerprint density at radius 3 is 2.23 bits per heavy atom. The topological polar surface area (TPSA) is 115 Å². The molecule has 5 rings (SSSR count). The first-order valence-electron chi connectivity index (χ1n) is 15.4. The molecule has 0 spiro atoms. The van der Waals surface area contributed by atoms with Crippen molar-refractivity contribution in [3.05, 3.63) is 115 Å². The SMILES string of the molecule is CCOC(=O)COc1ccc(/C=c2\sc3n(c2=O)[C@H](c2ccc(OCC)cc2)C(C(=O)OCC)=C(c2ccccc2)N=3)cc1OCC. The van der Waals surface area contributed by atoms with E-state index in [1.165, 1.54) is 11.3 Å². The molecular weight excluding hydrogens is 620 g/mol. The van der Waals surface area contributed by atoms with Crippen molar-refractivity contribution in [1.82, 2.24) is 4.57 Å². The monoisotopic (exact) mass is 656 g/mol. The van der Waals surface area contributed by atoms with Crippen molar-refractivity contribution in [3.8, 4) is 17.2 Å². The summed E-state index contributed by atoms with van der Waals surface area (Å²) in [6, 6.07) is 21.1. The highest BCUT2D eigenvalue weighted by Gasteiger charge is 2.35. The lowest BCUT2D eigenvalue weighted by atomic mass is 9.93. The Morgan fingerprint density at radius 1 is 0.830 bits per heavy atom. The number of aromatic nitrogens is 1. The van der Waals surface area contributed by atoms with E-state index in [-0.39, 0.29) is 31.0 Å². The van der Waals surface area contributed by atoms with Gasteiger partial charge in [-0.1, -0.05) is 59.9 Å². The van der Waals surface area contributed by atoms with E-state index in [1.807, 2.05) is 68.4 Å². The predicted molar refractivity (Wildman–Crippen MR) is 178 cm³/mol. The van der Waals surface area contributed by atoms with Gasteiger partial charge in [0.2, 0.25) is 0 Å². The van der Waals surface area contributed by atoms with Gasteiger partial charge in [0.1, 0.15) is 5.75 Å². The highest BCUT2D eigenvalue weighted by molar-refractivity contribution is 7.07. The summed E-state index contributed by atoms with van der Waals surface area (Å²) in [5.41, 5.74) is 2.49. The Bertz CT molecular complexity index is 1950. The molecule has 0 fully saturated rings. The molecule has 47 heavy (non-hydrogen) atoms. The maximum Gasteiger partial charge on any atom is 0.344 e. The van der Waals surface area contributed by atoms with Crippen LogP contribution in [0.25, 0.3) is 11.8 Å². The zero-order valence-corrected chi connectivity index (χ0v) is 27.5. The summed E-state index contributed by atoms with van der Waals surface area (Å²) in [7, 11) is 0. The number of nitrogens with zero attached hydrogens (tertiary/aromatic N) is 2. The second kappa shape index (κ2) is 15.4. The molecule has 244 valence electrons. The molecule has 4 aromatic rings. The van der Waals surface area contributed by atoms with Crippen molar-refractivity contribution < 1.29 is 33.3 Å². The van der Waals surface area contributed by atoms with E-state index in [9.17, 15) is 14.4 Å². The number of fused-ring (bicyclic) bond motifs is 1. The van der Waals surface area contributed by atoms with Gasteiger partial charge in [-0.2, -0.15) is 0 Å². The van der Waals surface area contributed by atoms with Gasteiger partial charge in [-0.25, -0.2) is 14.6 Å². The molecule has 0 unspecified atom stereocenters. The van der Waals surface area contributed by atoms with Crippen molar-refractivity contribution in [1.29, 1.82) is 0 Å². The van der Waals surface area contributed by atoms with Crippen LogP contribution in [0.1, 0.15) is 50.4 Å². The second-order valence-corrected chi connectivity index (χ2v) is 11.2. The third-order valence-electron chi connectivity index (χ3n) is 7.10. The van der Waals surface area contributed by atoms with Crippen LogP contribution in [-0.4, -0.2) is 49.5 Å². The van der Waals surface area contributed by atoms with Crippen LogP contribution in [0.15, 0.2) is 88.2 Å². The number of hydrogen-bond donors (Lipinski definition) is 0. The fraction of sp³-hybridized carbons (Fsp3) is 0.278. The lowest BCUT2D eigenvalue weighted by Gasteiger charge is -2.26. The highest BCUT2D eigenvalue weighted by atomic mass is 32.1. The van der Waals surface area contributed by atoms with Crippen LogP contribution in [0.5, 0.6) is 17.2 Å². The molecule has 1 aromatic heterocycles. The van der Waals surface area contributed by atoms with Gasteiger partial charge < -0.3 is 23.7 Å². The highest BCUT2D eigenvalue weighted by Crippen LogP contribution is 2.36. The molecule has 0 aliphatic carbocycles. The molecule has 0 saturated heterocycles. The summed E-state index contributed by atoms with van der Waals surface area (Å²) in [6.45, 7) is 8.23. The summed E-state index contributed by atoms with van der Waals surface area (Å²) in [6.07, 6.45) is 1.74. The molecule has 1 aliphatic rings. The predicted octanol–water partition coefficient (Wildman–Crippen LogP) is 4.67. The average molecular weight is 657 g/mol. The van der Waals surface area contributed by atoms with Crippen LogP contribution >= 0.6 is 11.3 Å². The lowest BCUT2D eigenvalue weighted by molar-refractivity contribution is -0.145. The van der Waals surface area contributed by atoms with Gasteiger partial charge in [-0.3, -0.25) is 9.36 Å². The molecular formula is C36H36N2O8S. The molecule has 10 nitrogen and oxygen atoms in total. The van der Waals surface area contributed by atoms with Crippen molar-refractivity contribution >= 4 is 35.0 Å². The van der Waals surface area contributed by atoms with Crippen molar-refractivity contribution in [2.24, 2.45) is 4.99 Å². The number of rotatable bonds is 13. The van der Waals surface area contributed by atoms with E-state index in [2.05, 4.69) is 0 Å². The van der Waals surface area contributed by atoms with Crippen LogP contribution in [0, 0.1) is 0 Å². The quantitative estimate of drug-likeness (QED) is 0.191. The average Bonchev–Trinajstić information content (AvgIpc) is 3.39. The van der Waals surface area contributed by atoms with Crippen LogP contribution in [0.3, 0.4) is 0 Å². The number of benzene rings is 3. The molecule has 0 bridgehead atoms. The number of ether oxygens (including phenoxy) is 5. The third kappa shape index (κ3) is 7.47. The first-order valence-corrected chi connectivity index (χ1v) is 16.3. The molecule has 0 N–H and O–H groups in total. The Kier molecular flexibility index (Phi) is 10.9. The third-order valence-corrected chi connectivity index (χ3v) is 8.08. The zero-order chi connectivity index (χ0) is 33.3. The van der Waals surface area contributed by atoms with Gasteiger partial charge in [-0.05, 0) is 69.2 Å². The molecule has 3 aromatic carbocycles. The first-order chi connectivity index (χ1) is 22.9. The number of carbonyl (C=O) groups excluding carboxylic acids is 2. The maximum absolute atomic E-state index is 14.2. The standard InChI is InChI=1S/C36H36N2O8S/c1-5-42-26-17-15-25(16-18-26)33-31(35(41)45-8-4)32(24-12-10-9-11-13-24)37-36-38(33)34(40)29(47-36)21-23-14-19-27(28(20-23)43-6-2)46-22-30(39)44-7-3/h9-21,33H,5-8,22H2,1-4H3/b29-21-/t33-/m1/s1. The van der Waals surface area contributed by atoms with Crippen LogP contribution in [0.4, 0.5) is 0 Å². The lowest BCUT2D eigenvalue weighted by Crippen LogP contribution is -2.40. The minimum absolute atomic E-state index is 0.159. The van der Waals surface area contributed by atoms with Gasteiger partial charge in [0.25, 0.3) is 5.56 Å². The van der Waals surface area contributed by atoms with Crippen LogP contribution in [0.2, 0.25) is 0 Å². The number of esters is 2. The summed E-state index contributed by atoms with van der Waals surface area (Å²) in [4.78, 5) is 45.1. The molecule has 11 heteroatoms. The van der Waals surface area contributed by atoms with E-state index in [0.717, 1.165) is 5.56 Å². The molecule has 0 radical (unpaired) electrons. The van der Waals surface area contributed by atoms with Gasteiger partial charge in [0, 0.05) is 5.56 Å². The second-order valence-electron chi connectivity index (χ2n) is 10.2. The van der Waals surface area contributed by atoms with Crippen molar-refractivity contribution in [2.45, 2.75) is 33.7 Å². The Balaban J connectivity index is 1.67. The normalized spacial score (nSPS) is 14.2.